The zero-order valence-corrected chi connectivity index (χ0v) is 23.9. The van der Waals surface area contributed by atoms with Gasteiger partial charge in [-0.2, -0.15) is 0 Å². The number of likely N-dealkylation sites (N-methyl/N-ethyl adjacent to an activating group) is 1. The molecule has 0 bridgehead atoms. The van der Waals surface area contributed by atoms with Crippen LogP contribution in [0.3, 0.4) is 0 Å². The molecule has 0 aliphatic carbocycles. The first-order valence-electron chi connectivity index (χ1n) is 13.3. The highest BCUT2D eigenvalue weighted by atomic mass is 15.1. The van der Waals surface area contributed by atoms with Crippen LogP contribution in [0.4, 0.5) is 5.69 Å². The van der Waals surface area contributed by atoms with E-state index >= 15 is 0 Å². The first-order chi connectivity index (χ1) is 16.7. The van der Waals surface area contributed by atoms with Crippen LogP contribution in [0.1, 0.15) is 75.7 Å². The van der Waals surface area contributed by atoms with Crippen LogP contribution in [0.15, 0.2) is 90.5 Å². The minimum absolute atomic E-state index is 0.905. The van der Waals surface area contributed by atoms with Crippen molar-refractivity contribution in [2.45, 2.75) is 75.7 Å². The van der Waals surface area contributed by atoms with Crippen molar-refractivity contribution >= 4 is 16.5 Å². The fraction of sp³-hybridized carbons (Fsp3) is 0.394. The van der Waals surface area contributed by atoms with Crippen molar-refractivity contribution in [1.82, 2.24) is 0 Å². The van der Waals surface area contributed by atoms with Crippen molar-refractivity contribution in [1.29, 1.82) is 0 Å². The van der Waals surface area contributed by atoms with Gasteiger partial charge in [-0.15, -0.1) is 0 Å². The SMILES string of the molecule is CC.CC.CC.CC.CC/C=C(C)\C=C/CN(C)c1ccc(-c2cccc3ccccc23)cc1. The minimum Gasteiger partial charge on any atom is -0.371 e. The van der Waals surface area contributed by atoms with E-state index in [1.807, 2.05) is 55.4 Å². The van der Waals surface area contributed by atoms with Crippen LogP contribution in [0, 0.1) is 0 Å². The quantitative estimate of drug-likeness (QED) is 0.330. The molecule has 0 unspecified atom stereocenters. The number of hydrogen-bond acceptors (Lipinski definition) is 1. The molecule has 3 aromatic carbocycles. The van der Waals surface area contributed by atoms with Crippen LogP contribution in [0.5, 0.6) is 0 Å². The molecule has 1 nitrogen and oxygen atoms in total. The third kappa shape index (κ3) is 11.4. The van der Waals surface area contributed by atoms with E-state index in [9.17, 15) is 0 Å². The summed E-state index contributed by atoms with van der Waals surface area (Å²) < 4.78 is 0. The topological polar surface area (TPSA) is 3.24 Å². The Bertz CT molecular complexity index is 911. The average molecular weight is 462 g/mol. The summed E-state index contributed by atoms with van der Waals surface area (Å²) in [6.07, 6.45) is 7.75. The van der Waals surface area contributed by atoms with Crippen LogP contribution in [0.2, 0.25) is 0 Å². The molecule has 0 heterocycles. The summed E-state index contributed by atoms with van der Waals surface area (Å²) in [7, 11) is 2.14. The summed E-state index contributed by atoms with van der Waals surface area (Å²) in [5.41, 5.74) is 5.11. The van der Waals surface area contributed by atoms with E-state index in [-0.39, 0.29) is 0 Å². The third-order valence-corrected chi connectivity index (χ3v) is 4.69. The van der Waals surface area contributed by atoms with Gasteiger partial charge >= 0.3 is 0 Å². The summed E-state index contributed by atoms with van der Waals surface area (Å²) in [4.78, 5) is 2.27. The predicted octanol–water partition coefficient (Wildman–Crippen LogP) is 11.0. The molecule has 0 aromatic heterocycles. The molecule has 0 aliphatic rings. The second-order valence-corrected chi connectivity index (χ2v) is 6.71. The third-order valence-electron chi connectivity index (χ3n) is 4.69. The van der Waals surface area contributed by atoms with Gasteiger partial charge in [0, 0.05) is 19.3 Å². The maximum Gasteiger partial charge on any atom is 0.0366 e. The van der Waals surface area contributed by atoms with E-state index in [2.05, 4.69) is 111 Å². The molecule has 34 heavy (non-hydrogen) atoms. The van der Waals surface area contributed by atoms with Gasteiger partial charge in [0.15, 0.2) is 0 Å². The van der Waals surface area contributed by atoms with Gasteiger partial charge in [-0.05, 0) is 47.4 Å². The molecule has 0 spiro atoms. The van der Waals surface area contributed by atoms with E-state index in [1.54, 1.807) is 0 Å². The molecule has 0 atom stereocenters. The van der Waals surface area contributed by atoms with E-state index < -0.39 is 0 Å². The highest BCUT2D eigenvalue weighted by Crippen LogP contribution is 2.29. The Hall–Kier alpha value is -2.80. The number of fused-ring (bicyclic) bond motifs is 1. The Balaban J connectivity index is 0. The van der Waals surface area contributed by atoms with Crippen LogP contribution >= 0.6 is 0 Å². The monoisotopic (exact) mass is 461 g/mol. The summed E-state index contributed by atoms with van der Waals surface area (Å²) in [6, 6.07) is 23.9. The molecule has 0 amide bonds. The first-order valence-corrected chi connectivity index (χ1v) is 13.3. The van der Waals surface area contributed by atoms with Crippen molar-refractivity contribution < 1.29 is 0 Å². The number of nitrogens with zero attached hydrogens (tertiary/aromatic N) is 1. The van der Waals surface area contributed by atoms with Crippen molar-refractivity contribution in [2.24, 2.45) is 0 Å². The van der Waals surface area contributed by atoms with Gasteiger partial charge < -0.3 is 4.90 Å². The van der Waals surface area contributed by atoms with E-state index in [1.165, 1.54) is 33.2 Å². The van der Waals surface area contributed by atoms with E-state index in [0.29, 0.717) is 0 Å². The summed E-state index contributed by atoms with van der Waals surface area (Å²) in [5, 5.41) is 2.59. The van der Waals surface area contributed by atoms with Crippen LogP contribution < -0.4 is 4.90 Å². The van der Waals surface area contributed by atoms with Crippen molar-refractivity contribution in [3.63, 3.8) is 0 Å². The lowest BCUT2D eigenvalue weighted by atomic mass is 9.98. The van der Waals surface area contributed by atoms with Crippen LogP contribution in [-0.4, -0.2) is 13.6 Å². The summed E-state index contributed by atoms with van der Waals surface area (Å²) >= 11 is 0. The fourth-order valence-electron chi connectivity index (χ4n) is 3.26. The van der Waals surface area contributed by atoms with Crippen molar-refractivity contribution in [3.05, 3.63) is 90.5 Å². The molecule has 3 rings (SSSR count). The fourth-order valence-corrected chi connectivity index (χ4v) is 3.26. The van der Waals surface area contributed by atoms with Crippen LogP contribution in [-0.2, 0) is 0 Å². The average Bonchev–Trinajstić information content (AvgIpc) is 2.93. The Morgan fingerprint density at radius 3 is 1.88 bits per heavy atom. The molecule has 0 aliphatic heterocycles. The van der Waals surface area contributed by atoms with Crippen molar-refractivity contribution in [3.8, 4) is 11.1 Å². The lowest BCUT2D eigenvalue weighted by Crippen LogP contribution is -2.16. The predicted molar refractivity (Wildman–Crippen MR) is 161 cm³/mol. The Kier molecular flexibility index (Phi) is 21.6. The summed E-state index contributed by atoms with van der Waals surface area (Å²) in [6.45, 7) is 21.2. The molecule has 0 N–H and O–H groups in total. The molecule has 0 radical (unpaired) electrons. The Labute approximate surface area is 212 Å². The van der Waals surface area contributed by atoms with E-state index in [4.69, 9.17) is 0 Å². The number of hydrogen-bond donors (Lipinski definition) is 0. The molecule has 0 saturated carbocycles. The largest absolute Gasteiger partial charge is 0.371 e. The number of benzene rings is 3. The van der Waals surface area contributed by atoms with Crippen molar-refractivity contribution in [2.75, 3.05) is 18.5 Å². The normalized spacial score (nSPS) is 9.91. The molecular formula is C33H51N. The minimum atomic E-state index is 0.905. The molecule has 0 fully saturated rings. The Morgan fingerprint density at radius 1 is 0.735 bits per heavy atom. The van der Waals surface area contributed by atoms with Gasteiger partial charge in [-0.3, -0.25) is 0 Å². The van der Waals surface area contributed by atoms with Gasteiger partial charge in [0.25, 0.3) is 0 Å². The van der Waals surface area contributed by atoms with Gasteiger partial charge in [0.2, 0.25) is 0 Å². The van der Waals surface area contributed by atoms with Gasteiger partial charge in [-0.25, -0.2) is 0 Å². The Morgan fingerprint density at radius 2 is 1.29 bits per heavy atom. The zero-order chi connectivity index (χ0) is 26.4. The second kappa shape index (κ2) is 22.0. The lowest BCUT2D eigenvalue weighted by Gasteiger charge is -2.18. The van der Waals surface area contributed by atoms with E-state index in [0.717, 1.165) is 13.0 Å². The number of allylic oxidation sites excluding steroid dienone is 3. The highest BCUT2D eigenvalue weighted by Gasteiger charge is 2.04. The van der Waals surface area contributed by atoms with Crippen LogP contribution in [0.25, 0.3) is 21.9 Å². The smallest absolute Gasteiger partial charge is 0.0366 e. The van der Waals surface area contributed by atoms with Gasteiger partial charge in [-0.1, -0.05) is 141 Å². The molecule has 188 valence electrons. The molecule has 3 aromatic rings. The highest BCUT2D eigenvalue weighted by molar-refractivity contribution is 5.96. The lowest BCUT2D eigenvalue weighted by molar-refractivity contribution is 1.03. The molecule has 0 saturated heterocycles. The zero-order valence-electron chi connectivity index (χ0n) is 23.9. The number of anilines is 1. The maximum absolute atomic E-state index is 2.27. The molecular weight excluding hydrogens is 410 g/mol. The maximum atomic E-state index is 2.27. The summed E-state index contributed by atoms with van der Waals surface area (Å²) in [5.74, 6) is 0. The first kappa shape index (κ1) is 33.4. The number of rotatable bonds is 6. The second-order valence-electron chi connectivity index (χ2n) is 6.71. The molecule has 1 heteroatoms. The standard InChI is InChI=1S/C25H27N.4C2H6/c1-4-9-20(2)10-8-19-26(3)23-17-15-22(16-18-23)25-14-7-12-21-11-5-6-13-24(21)25;4*1-2/h5-18H,4,19H2,1-3H3;4*1-2H3/b10-8-,20-9-;;;;. The van der Waals surface area contributed by atoms with Gasteiger partial charge in [0.1, 0.15) is 0 Å². The van der Waals surface area contributed by atoms with Gasteiger partial charge in [0.05, 0.1) is 0 Å².